The molecule has 4 rings (SSSR count). The van der Waals surface area contributed by atoms with Crippen molar-refractivity contribution in [1.29, 1.82) is 0 Å². The molecule has 1 aliphatic rings. The molecule has 3 heteroatoms. The van der Waals surface area contributed by atoms with Crippen LogP contribution < -0.4 is 5.32 Å². The summed E-state index contributed by atoms with van der Waals surface area (Å²) in [6, 6.07) is 15.6. The first-order chi connectivity index (χ1) is 9.79. The molecule has 0 radical (unpaired) electrons. The van der Waals surface area contributed by atoms with Crippen LogP contribution in [0.15, 0.2) is 48.7 Å². The molecule has 0 fully saturated rings. The van der Waals surface area contributed by atoms with Crippen molar-refractivity contribution in [3.8, 4) is 0 Å². The van der Waals surface area contributed by atoms with E-state index >= 15 is 0 Å². The van der Waals surface area contributed by atoms with E-state index < -0.39 is 0 Å². The van der Waals surface area contributed by atoms with Crippen LogP contribution in [0, 0.1) is 6.92 Å². The SMILES string of the molecule is Cc1cn2c(n1)NC(c1ccc3ccccc3c1)CC2. The summed E-state index contributed by atoms with van der Waals surface area (Å²) in [4.78, 5) is 4.54. The lowest BCUT2D eigenvalue weighted by atomic mass is 9.99. The molecule has 1 aliphatic heterocycles. The summed E-state index contributed by atoms with van der Waals surface area (Å²) in [7, 11) is 0. The summed E-state index contributed by atoms with van der Waals surface area (Å²) < 4.78 is 2.20. The lowest BCUT2D eigenvalue weighted by Crippen LogP contribution is -2.21. The number of hydrogen-bond donors (Lipinski definition) is 1. The second kappa shape index (κ2) is 4.37. The van der Waals surface area contributed by atoms with Crippen LogP contribution in [0.5, 0.6) is 0 Å². The van der Waals surface area contributed by atoms with Crippen molar-refractivity contribution >= 4 is 16.7 Å². The zero-order chi connectivity index (χ0) is 13.5. The predicted molar refractivity (Wildman–Crippen MR) is 81.9 cm³/mol. The molecule has 1 N–H and O–H groups in total. The molecule has 2 aromatic carbocycles. The van der Waals surface area contributed by atoms with Gasteiger partial charge in [0.15, 0.2) is 0 Å². The van der Waals surface area contributed by atoms with Crippen LogP contribution in [0.1, 0.15) is 23.7 Å². The molecule has 0 aliphatic carbocycles. The number of imidazole rings is 1. The highest BCUT2D eigenvalue weighted by Crippen LogP contribution is 2.29. The molecular formula is C17H17N3. The van der Waals surface area contributed by atoms with E-state index in [0.29, 0.717) is 6.04 Å². The quantitative estimate of drug-likeness (QED) is 0.721. The zero-order valence-electron chi connectivity index (χ0n) is 11.5. The van der Waals surface area contributed by atoms with Gasteiger partial charge in [-0.25, -0.2) is 4.98 Å². The number of benzene rings is 2. The minimum Gasteiger partial charge on any atom is -0.349 e. The Morgan fingerprint density at radius 3 is 2.90 bits per heavy atom. The molecule has 0 spiro atoms. The fourth-order valence-corrected chi connectivity index (χ4v) is 3.00. The van der Waals surface area contributed by atoms with E-state index in [1.54, 1.807) is 0 Å². The maximum absolute atomic E-state index is 4.54. The third-order valence-electron chi connectivity index (χ3n) is 4.03. The standard InChI is InChI=1S/C17H17N3/c1-12-11-20-9-8-16(19-17(20)18-12)15-7-6-13-4-2-3-5-14(13)10-15/h2-7,10-11,16H,8-9H2,1H3,(H,18,19). The van der Waals surface area contributed by atoms with E-state index in [1.165, 1.54) is 16.3 Å². The normalized spacial score (nSPS) is 17.8. The number of hydrogen-bond acceptors (Lipinski definition) is 2. The van der Waals surface area contributed by atoms with Gasteiger partial charge in [0.1, 0.15) is 0 Å². The molecular weight excluding hydrogens is 246 g/mol. The Labute approximate surface area is 118 Å². The topological polar surface area (TPSA) is 29.9 Å². The summed E-state index contributed by atoms with van der Waals surface area (Å²) in [6.07, 6.45) is 3.21. The van der Waals surface area contributed by atoms with Crippen molar-refractivity contribution in [3.05, 3.63) is 59.9 Å². The summed E-state index contributed by atoms with van der Waals surface area (Å²) in [5, 5.41) is 6.15. The summed E-state index contributed by atoms with van der Waals surface area (Å²) in [6.45, 7) is 3.07. The number of rotatable bonds is 1. The van der Waals surface area contributed by atoms with Crippen molar-refractivity contribution in [2.75, 3.05) is 5.32 Å². The molecule has 3 aromatic rings. The second-order valence-corrected chi connectivity index (χ2v) is 5.49. The van der Waals surface area contributed by atoms with Crippen LogP contribution in [0.4, 0.5) is 5.95 Å². The van der Waals surface area contributed by atoms with E-state index in [-0.39, 0.29) is 0 Å². The average Bonchev–Trinajstić information content (AvgIpc) is 2.85. The fourth-order valence-electron chi connectivity index (χ4n) is 3.00. The number of nitrogens with zero attached hydrogens (tertiary/aromatic N) is 2. The molecule has 0 amide bonds. The van der Waals surface area contributed by atoms with E-state index in [0.717, 1.165) is 24.6 Å². The lowest BCUT2D eigenvalue weighted by Gasteiger charge is -2.26. The monoisotopic (exact) mass is 263 g/mol. The van der Waals surface area contributed by atoms with E-state index in [9.17, 15) is 0 Å². The first kappa shape index (κ1) is 11.5. The maximum atomic E-state index is 4.54. The number of aryl methyl sites for hydroxylation is 2. The van der Waals surface area contributed by atoms with E-state index in [4.69, 9.17) is 0 Å². The average molecular weight is 263 g/mol. The highest BCUT2D eigenvalue weighted by molar-refractivity contribution is 5.83. The van der Waals surface area contributed by atoms with Crippen LogP contribution in [-0.4, -0.2) is 9.55 Å². The van der Waals surface area contributed by atoms with Gasteiger partial charge in [-0.05, 0) is 35.7 Å². The third kappa shape index (κ3) is 1.86. The van der Waals surface area contributed by atoms with E-state index in [2.05, 4.69) is 63.5 Å². The van der Waals surface area contributed by atoms with E-state index in [1.807, 2.05) is 6.92 Å². The Balaban J connectivity index is 1.70. The van der Waals surface area contributed by atoms with Gasteiger partial charge < -0.3 is 9.88 Å². The summed E-state index contributed by atoms with van der Waals surface area (Å²) in [5.74, 6) is 0.993. The molecule has 1 unspecified atom stereocenters. The van der Waals surface area contributed by atoms with Gasteiger partial charge in [0.25, 0.3) is 0 Å². The molecule has 1 atom stereocenters. The van der Waals surface area contributed by atoms with Crippen LogP contribution in [0.25, 0.3) is 10.8 Å². The van der Waals surface area contributed by atoms with Gasteiger partial charge in [-0.15, -0.1) is 0 Å². The van der Waals surface area contributed by atoms with Crippen LogP contribution >= 0.6 is 0 Å². The number of fused-ring (bicyclic) bond motifs is 2. The Morgan fingerprint density at radius 2 is 2.00 bits per heavy atom. The minimum atomic E-state index is 0.355. The zero-order valence-corrected chi connectivity index (χ0v) is 11.5. The maximum Gasteiger partial charge on any atom is 0.203 e. The molecule has 0 saturated heterocycles. The van der Waals surface area contributed by atoms with Crippen LogP contribution in [-0.2, 0) is 6.54 Å². The van der Waals surface area contributed by atoms with Gasteiger partial charge >= 0.3 is 0 Å². The summed E-state index contributed by atoms with van der Waals surface area (Å²) in [5.41, 5.74) is 2.42. The Hall–Kier alpha value is -2.29. The Kier molecular flexibility index (Phi) is 2.52. The summed E-state index contributed by atoms with van der Waals surface area (Å²) >= 11 is 0. The van der Waals surface area contributed by atoms with Gasteiger partial charge in [0, 0.05) is 12.7 Å². The van der Waals surface area contributed by atoms with Crippen molar-refractivity contribution in [3.63, 3.8) is 0 Å². The largest absolute Gasteiger partial charge is 0.349 e. The van der Waals surface area contributed by atoms with Gasteiger partial charge in [0.05, 0.1) is 11.7 Å². The molecule has 1 aromatic heterocycles. The van der Waals surface area contributed by atoms with Gasteiger partial charge in [-0.1, -0.05) is 36.4 Å². The Bertz CT molecular complexity index is 773. The van der Waals surface area contributed by atoms with Crippen molar-refractivity contribution in [2.45, 2.75) is 25.9 Å². The van der Waals surface area contributed by atoms with Crippen LogP contribution in [0.3, 0.4) is 0 Å². The van der Waals surface area contributed by atoms with Gasteiger partial charge in [-0.3, -0.25) is 0 Å². The molecule has 3 nitrogen and oxygen atoms in total. The fraction of sp³-hybridized carbons (Fsp3) is 0.235. The minimum absolute atomic E-state index is 0.355. The molecule has 2 heterocycles. The molecule has 0 saturated carbocycles. The van der Waals surface area contributed by atoms with Crippen molar-refractivity contribution in [1.82, 2.24) is 9.55 Å². The highest BCUT2D eigenvalue weighted by atomic mass is 15.2. The predicted octanol–water partition coefficient (Wildman–Crippen LogP) is 3.90. The highest BCUT2D eigenvalue weighted by Gasteiger charge is 2.20. The smallest absolute Gasteiger partial charge is 0.203 e. The molecule has 100 valence electrons. The van der Waals surface area contributed by atoms with Crippen molar-refractivity contribution < 1.29 is 0 Å². The van der Waals surface area contributed by atoms with Crippen LogP contribution in [0.2, 0.25) is 0 Å². The van der Waals surface area contributed by atoms with Gasteiger partial charge in [-0.2, -0.15) is 0 Å². The number of nitrogens with one attached hydrogen (secondary N) is 1. The second-order valence-electron chi connectivity index (χ2n) is 5.49. The molecule has 20 heavy (non-hydrogen) atoms. The first-order valence-corrected chi connectivity index (χ1v) is 7.08. The first-order valence-electron chi connectivity index (χ1n) is 7.08. The van der Waals surface area contributed by atoms with Gasteiger partial charge in [0.2, 0.25) is 5.95 Å². The Morgan fingerprint density at radius 1 is 1.15 bits per heavy atom. The number of anilines is 1. The molecule has 0 bridgehead atoms. The lowest BCUT2D eigenvalue weighted by molar-refractivity contribution is 0.543. The number of aromatic nitrogens is 2. The third-order valence-corrected chi connectivity index (χ3v) is 4.03. The van der Waals surface area contributed by atoms with Crippen molar-refractivity contribution in [2.24, 2.45) is 0 Å².